The molecular weight excluding hydrogens is 171 g/mol. The van der Waals surface area contributed by atoms with Crippen LogP contribution in [-0.4, -0.2) is 26.1 Å². The first-order valence-corrected chi connectivity index (χ1v) is 3.97. The Morgan fingerprint density at radius 1 is 1.25 bits per heavy atom. The molecule has 0 aliphatic heterocycles. The van der Waals surface area contributed by atoms with E-state index in [0.29, 0.717) is 6.54 Å². The van der Waals surface area contributed by atoms with Gasteiger partial charge in [0.05, 0.1) is 6.61 Å². The number of halogens is 3. The maximum Gasteiger partial charge on any atom is 0.522 e. The fourth-order valence-corrected chi connectivity index (χ4v) is 0.416. The summed E-state index contributed by atoms with van der Waals surface area (Å²) < 4.78 is 37.2. The van der Waals surface area contributed by atoms with Gasteiger partial charge in [-0.25, -0.2) is 0 Å². The molecule has 0 aromatic rings. The molecule has 5 heteroatoms. The molecule has 0 unspecified atom stereocenters. The molecule has 0 amide bonds. The van der Waals surface area contributed by atoms with E-state index < -0.39 is 6.36 Å². The third-order valence-electron chi connectivity index (χ3n) is 0.795. The van der Waals surface area contributed by atoms with E-state index in [4.69, 9.17) is 0 Å². The smallest absolute Gasteiger partial charge is 0.315 e. The molecule has 0 spiro atoms. The van der Waals surface area contributed by atoms with Gasteiger partial charge in [-0.15, -0.1) is 13.2 Å². The standard InChI is InChI=1S/C5H10F3NO.C2H6/c1-2-9-3-4-10-5(6,7)8;1-2/h9H,2-4H2,1H3;1-2H3. The average Bonchev–Trinajstić information content (AvgIpc) is 2.01. The molecule has 0 bridgehead atoms. The molecule has 0 fully saturated rings. The van der Waals surface area contributed by atoms with E-state index in [1.165, 1.54) is 0 Å². The highest BCUT2D eigenvalue weighted by Gasteiger charge is 2.28. The Kier molecular flexibility index (Phi) is 10.5. The maximum atomic E-state index is 11.2. The summed E-state index contributed by atoms with van der Waals surface area (Å²) in [6, 6.07) is 0. The normalized spacial score (nSPS) is 10.5. The van der Waals surface area contributed by atoms with E-state index in [9.17, 15) is 13.2 Å². The lowest BCUT2D eigenvalue weighted by Gasteiger charge is -2.06. The Bertz CT molecular complexity index is 85.2. The summed E-state index contributed by atoms with van der Waals surface area (Å²) >= 11 is 0. The van der Waals surface area contributed by atoms with E-state index in [1.807, 2.05) is 20.8 Å². The Labute approximate surface area is 71.1 Å². The summed E-state index contributed by atoms with van der Waals surface area (Å²) in [6.45, 7) is 6.38. The van der Waals surface area contributed by atoms with Crippen molar-refractivity contribution in [2.45, 2.75) is 27.1 Å². The van der Waals surface area contributed by atoms with Gasteiger partial charge >= 0.3 is 6.36 Å². The second-order valence-corrected chi connectivity index (χ2v) is 1.65. The van der Waals surface area contributed by atoms with Gasteiger partial charge in [0.25, 0.3) is 0 Å². The number of ether oxygens (including phenoxy) is 1. The van der Waals surface area contributed by atoms with Crippen LogP contribution in [0.1, 0.15) is 20.8 Å². The molecule has 0 atom stereocenters. The Balaban J connectivity index is 0. The van der Waals surface area contributed by atoms with Crippen molar-refractivity contribution in [1.29, 1.82) is 0 Å². The molecule has 12 heavy (non-hydrogen) atoms. The van der Waals surface area contributed by atoms with Crippen molar-refractivity contribution in [2.75, 3.05) is 19.7 Å². The minimum absolute atomic E-state index is 0.232. The van der Waals surface area contributed by atoms with Crippen LogP contribution in [0.25, 0.3) is 0 Å². The van der Waals surface area contributed by atoms with Crippen molar-refractivity contribution in [3.8, 4) is 0 Å². The van der Waals surface area contributed by atoms with Gasteiger partial charge < -0.3 is 5.32 Å². The minimum atomic E-state index is -4.49. The van der Waals surface area contributed by atoms with Gasteiger partial charge in [-0.1, -0.05) is 20.8 Å². The monoisotopic (exact) mass is 187 g/mol. The quantitative estimate of drug-likeness (QED) is 0.681. The van der Waals surface area contributed by atoms with Crippen LogP contribution in [0.3, 0.4) is 0 Å². The number of hydrogen-bond acceptors (Lipinski definition) is 2. The minimum Gasteiger partial charge on any atom is -0.315 e. The second-order valence-electron chi connectivity index (χ2n) is 1.65. The lowest BCUT2D eigenvalue weighted by molar-refractivity contribution is -0.323. The van der Waals surface area contributed by atoms with Crippen LogP contribution in [0.5, 0.6) is 0 Å². The number of hydrogen-bond donors (Lipinski definition) is 1. The van der Waals surface area contributed by atoms with Crippen LogP contribution in [0.2, 0.25) is 0 Å². The zero-order valence-corrected chi connectivity index (χ0v) is 7.66. The van der Waals surface area contributed by atoms with Gasteiger partial charge in [0.2, 0.25) is 0 Å². The zero-order chi connectivity index (χ0) is 10.0. The van der Waals surface area contributed by atoms with Crippen LogP contribution in [0.15, 0.2) is 0 Å². The first kappa shape index (κ1) is 14.2. The van der Waals surface area contributed by atoms with Crippen LogP contribution in [0.4, 0.5) is 13.2 Å². The van der Waals surface area contributed by atoms with Gasteiger partial charge in [-0.05, 0) is 6.54 Å². The van der Waals surface area contributed by atoms with E-state index in [1.54, 1.807) is 0 Å². The number of alkyl halides is 3. The molecule has 76 valence electrons. The summed E-state index contributed by atoms with van der Waals surface area (Å²) in [7, 11) is 0. The first-order chi connectivity index (χ1) is 5.56. The molecule has 0 saturated carbocycles. The van der Waals surface area contributed by atoms with Gasteiger partial charge in [0.1, 0.15) is 0 Å². The van der Waals surface area contributed by atoms with Crippen molar-refractivity contribution >= 4 is 0 Å². The Morgan fingerprint density at radius 2 is 1.75 bits per heavy atom. The molecule has 0 aromatic carbocycles. The number of rotatable bonds is 4. The SMILES string of the molecule is CC.CCNCCOC(F)(F)F. The summed E-state index contributed by atoms with van der Waals surface area (Å²) in [5.74, 6) is 0. The van der Waals surface area contributed by atoms with Crippen LogP contribution < -0.4 is 5.32 Å². The van der Waals surface area contributed by atoms with E-state index in [0.717, 1.165) is 0 Å². The second kappa shape index (κ2) is 8.80. The molecule has 0 radical (unpaired) electrons. The van der Waals surface area contributed by atoms with Crippen molar-refractivity contribution in [2.24, 2.45) is 0 Å². The third-order valence-corrected chi connectivity index (χ3v) is 0.795. The van der Waals surface area contributed by atoms with Crippen LogP contribution >= 0.6 is 0 Å². The largest absolute Gasteiger partial charge is 0.522 e. The molecule has 0 saturated heterocycles. The van der Waals surface area contributed by atoms with Crippen LogP contribution in [-0.2, 0) is 4.74 Å². The third kappa shape index (κ3) is 16.4. The molecule has 1 N–H and O–H groups in total. The summed E-state index contributed by atoms with van der Waals surface area (Å²) in [5, 5.41) is 2.70. The van der Waals surface area contributed by atoms with E-state index in [-0.39, 0.29) is 13.2 Å². The predicted molar refractivity (Wildman–Crippen MR) is 41.9 cm³/mol. The predicted octanol–water partition coefficient (Wildman–Crippen LogP) is 2.16. The van der Waals surface area contributed by atoms with Gasteiger partial charge in [0, 0.05) is 6.54 Å². The number of likely N-dealkylation sites (N-methyl/N-ethyl adjacent to an activating group) is 1. The summed E-state index contributed by atoms with van der Waals surface area (Å²) in [4.78, 5) is 0. The molecule has 0 rings (SSSR count). The summed E-state index contributed by atoms with van der Waals surface area (Å²) in [5.41, 5.74) is 0. The zero-order valence-electron chi connectivity index (χ0n) is 7.66. The average molecular weight is 187 g/mol. The highest BCUT2D eigenvalue weighted by Crippen LogP contribution is 2.14. The van der Waals surface area contributed by atoms with E-state index in [2.05, 4.69) is 10.1 Å². The van der Waals surface area contributed by atoms with Gasteiger partial charge in [0.15, 0.2) is 0 Å². The molecule has 0 aliphatic carbocycles. The lowest BCUT2D eigenvalue weighted by Crippen LogP contribution is -2.23. The summed E-state index contributed by atoms with van der Waals surface area (Å²) in [6.07, 6.45) is -4.49. The molecular formula is C7H16F3NO. The fourth-order valence-electron chi connectivity index (χ4n) is 0.416. The van der Waals surface area contributed by atoms with Crippen molar-refractivity contribution in [3.05, 3.63) is 0 Å². The molecule has 2 nitrogen and oxygen atoms in total. The highest BCUT2D eigenvalue weighted by atomic mass is 19.4. The van der Waals surface area contributed by atoms with Crippen molar-refractivity contribution < 1.29 is 17.9 Å². The topological polar surface area (TPSA) is 21.3 Å². The highest BCUT2D eigenvalue weighted by molar-refractivity contribution is 4.40. The Hall–Kier alpha value is -0.290. The Morgan fingerprint density at radius 3 is 2.08 bits per heavy atom. The molecule has 0 heterocycles. The molecule has 0 aliphatic rings. The van der Waals surface area contributed by atoms with E-state index >= 15 is 0 Å². The van der Waals surface area contributed by atoms with Gasteiger partial charge in [-0.3, -0.25) is 4.74 Å². The maximum absolute atomic E-state index is 11.2. The van der Waals surface area contributed by atoms with Gasteiger partial charge in [-0.2, -0.15) is 0 Å². The lowest BCUT2D eigenvalue weighted by atomic mass is 10.6. The first-order valence-electron chi connectivity index (χ1n) is 3.97. The number of nitrogens with one attached hydrogen (secondary N) is 1. The fraction of sp³-hybridized carbons (Fsp3) is 1.00. The van der Waals surface area contributed by atoms with Crippen molar-refractivity contribution in [3.63, 3.8) is 0 Å². The molecule has 0 aromatic heterocycles. The van der Waals surface area contributed by atoms with Crippen LogP contribution in [0, 0.1) is 0 Å². The van der Waals surface area contributed by atoms with Crippen molar-refractivity contribution in [1.82, 2.24) is 5.32 Å².